The highest BCUT2D eigenvalue weighted by molar-refractivity contribution is 5.05. The van der Waals surface area contributed by atoms with Gasteiger partial charge in [-0.25, -0.2) is 0 Å². The fourth-order valence-electron chi connectivity index (χ4n) is 2.78. The summed E-state index contributed by atoms with van der Waals surface area (Å²) in [7, 11) is 0. The third-order valence-electron chi connectivity index (χ3n) is 4.06. The van der Waals surface area contributed by atoms with Crippen LogP contribution in [0.3, 0.4) is 0 Å². The molecule has 1 unspecified atom stereocenters. The lowest BCUT2D eigenvalue weighted by atomic mass is 9.88. The molecule has 0 fully saturated rings. The highest BCUT2D eigenvalue weighted by Crippen LogP contribution is 2.22. The molecule has 1 atom stereocenters. The molecule has 0 saturated carbocycles. The highest BCUT2D eigenvalue weighted by Gasteiger charge is 2.34. The van der Waals surface area contributed by atoms with Gasteiger partial charge in [0.1, 0.15) is 5.76 Å². The van der Waals surface area contributed by atoms with E-state index < -0.39 is 0 Å². The predicted octanol–water partition coefficient (Wildman–Crippen LogP) is 3.31. The van der Waals surface area contributed by atoms with Crippen molar-refractivity contribution in [3.8, 4) is 0 Å². The van der Waals surface area contributed by atoms with E-state index in [4.69, 9.17) is 4.42 Å². The molecule has 1 aromatic heterocycles. The molecule has 0 aromatic carbocycles. The first-order chi connectivity index (χ1) is 9.06. The average Bonchev–Trinajstić information content (AvgIpc) is 2.88. The molecule has 0 amide bonds. The van der Waals surface area contributed by atoms with E-state index in [-0.39, 0.29) is 5.54 Å². The van der Waals surface area contributed by atoms with Gasteiger partial charge in [-0.15, -0.1) is 0 Å². The number of hydrogen-bond donors (Lipinski definition) is 1. The predicted molar refractivity (Wildman–Crippen MR) is 81.5 cm³/mol. The molecule has 1 N–H and O–H groups in total. The summed E-state index contributed by atoms with van der Waals surface area (Å²) < 4.78 is 5.53. The van der Waals surface area contributed by atoms with Gasteiger partial charge in [0.25, 0.3) is 0 Å². The van der Waals surface area contributed by atoms with Crippen LogP contribution in [0.25, 0.3) is 0 Å². The summed E-state index contributed by atoms with van der Waals surface area (Å²) >= 11 is 0. The first-order valence-corrected chi connectivity index (χ1v) is 7.57. The SMILES string of the molecule is CCCNC(Cc1ccco1)C(C)(C)N(CC)CC. The van der Waals surface area contributed by atoms with Crippen LogP contribution in [0.15, 0.2) is 22.8 Å². The van der Waals surface area contributed by atoms with Gasteiger partial charge in [-0.3, -0.25) is 4.90 Å². The maximum absolute atomic E-state index is 5.53. The topological polar surface area (TPSA) is 28.4 Å². The maximum Gasteiger partial charge on any atom is 0.105 e. The van der Waals surface area contributed by atoms with Crippen LogP contribution < -0.4 is 5.32 Å². The number of rotatable bonds is 9. The molecule has 0 spiro atoms. The number of nitrogens with one attached hydrogen (secondary N) is 1. The summed E-state index contributed by atoms with van der Waals surface area (Å²) in [6, 6.07) is 4.44. The molecule has 0 radical (unpaired) electrons. The lowest BCUT2D eigenvalue weighted by molar-refractivity contribution is 0.0889. The Morgan fingerprint density at radius 3 is 2.42 bits per heavy atom. The molecule has 1 heterocycles. The zero-order valence-corrected chi connectivity index (χ0v) is 13.2. The minimum Gasteiger partial charge on any atom is -0.469 e. The quantitative estimate of drug-likeness (QED) is 0.743. The molecule has 3 heteroatoms. The van der Waals surface area contributed by atoms with Gasteiger partial charge in [-0.05, 0) is 52.0 Å². The van der Waals surface area contributed by atoms with Gasteiger partial charge in [0.15, 0.2) is 0 Å². The molecule has 1 aromatic rings. The van der Waals surface area contributed by atoms with Crippen molar-refractivity contribution in [3.05, 3.63) is 24.2 Å². The standard InChI is InChI=1S/C16H30N2O/c1-6-11-17-15(13-14-10-9-12-19-14)16(4,5)18(7-2)8-3/h9-10,12,15,17H,6-8,11,13H2,1-5H3. The zero-order chi connectivity index (χ0) is 14.3. The third-order valence-corrected chi connectivity index (χ3v) is 4.06. The van der Waals surface area contributed by atoms with E-state index >= 15 is 0 Å². The van der Waals surface area contributed by atoms with Gasteiger partial charge in [0.2, 0.25) is 0 Å². The second-order valence-electron chi connectivity index (χ2n) is 5.62. The van der Waals surface area contributed by atoms with Crippen molar-refractivity contribution in [2.24, 2.45) is 0 Å². The van der Waals surface area contributed by atoms with Crippen molar-refractivity contribution in [1.82, 2.24) is 10.2 Å². The molecule has 0 aliphatic heterocycles. The summed E-state index contributed by atoms with van der Waals surface area (Å²) in [5.74, 6) is 1.06. The van der Waals surface area contributed by atoms with Gasteiger partial charge in [0.05, 0.1) is 6.26 Å². The van der Waals surface area contributed by atoms with Gasteiger partial charge in [-0.1, -0.05) is 20.8 Å². The van der Waals surface area contributed by atoms with Crippen molar-refractivity contribution in [3.63, 3.8) is 0 Å². The summed E-state index contributed by atoms with van der Waals surface area (Å²) in [6.07, 6.45) is 3.86. The largest absolute Gasteiger partial charge is 0.469 e. The lowest BCUT2D eigenvalue weighted by Gasteiger charge is -2.43. The normalized spacial score (nSPS) is 14.0. The van der Waals surface area contributed by atoms with Gasteiger partial charge in [0, 0.05) is 18.0 Å². The first-order valence-electron chi connectivity index (χ1n) is 7.57. The Labute approximate surface area is 118 Å². The molecule has 19 heavy (non-hydrogen) atoms. The average molecular weight is 266 g/mol. The van der Waals surface area contributed by atoms with Crippen LogP contribution in [0.4, 0.5) is 0 Å². The molecule has 0 aliphatic rings. The van der Waals surface area contributed by atoms with Crippen LogP contribution in [-0.4, -0.2) is 36.1 Å². The molecular formula is C16H30N2O. The van der Waals surface area contributed by atoms with E-state index in [9.17, 15) is 0 Å². The van der Waals surface area contributed by atoms with Crippen LogP contribution in [0.5, 0.6) is 0 Å². The monoisotopic (exact) mass is 266 g/mol. The number of furan rings is 1. The van der Waals surface area contributed by atoms with Gasteiger partial charge >= 0.3 is 0 Å². The molecule has 1 rings (SSSR count). The van der Waals surface area contributed by atoms with E-state index in [0.29, 0.717) is 6.04 Å². The molecule has 3 nitrogen and oxygen atoms in total. The Kier molecular flexibility index (Phi) is 6.59. The number of hydrogen-bond acceptors (Lipinski definition) is 3. The van der Waals surface area contributed by atoms with Crippen LogP contribution in [0.2, 0.25) is 0 Å². The summed E-state index contributed by atoms with van der Waals surface area (Å²) in [5.41, 5.74) is 0.117. The van der Waals surface area contributed by atoms with E-state index in [1.165, 1.54) is 0 Å². The number of nitrogens with zero attached hydrogens (tertiary/aromatic N) is 1. The van der Waals surface area contributed by atoms with E-state index in [2.05, 4.69) is 50.9 Å². The van der Waals surface area contributed by atoms with Gasteiger partial charge < -0.3 is 9.73 Å². The van der Waals surface area contributed by atoms with Crippen LogP contribution in [-0.2, 0) is 6.42 Å². The molecule has 110 valence electrons. The second-order valence-corrected chi connectivity index (χ2v) is 5.62. The lowest BCUT2D eigenvalue weighted by Crippen LogP contribution is -2.58. The van der Waals surface area contributed by atoms with E-state index in [0.717, 1.165) is 38.2 Å². The Morgan fingerprint density at radius 1 is 1.26 bits per heavy atom. The minimum atomic E-state index is 0.117. The van der Waals surface area contributed by atoms with Crippen molar-refractivity contribution in [2.75, 3.05) is 19.6 Å². The van der Waals surface area contributed by atoms with Crippen molar-refractivity contribution in [1.29, 1.82) is 0 Å². The molecular weight excluding hydrogens is 236 g/mol. The summed E-state index contributed by atoms with van der Waals surface area (Å²) in [5, 5.41) is 3.70. The van der Waals surface area contributed by atoms with Crippen molar-refractivity contribution >= 4 is 0 Å². The summed E-state index contributed by atoms with van der Waals surface area (Å²) in [4.78, 5) is 2.52. The Hall–Kier alpha value is -0.800. The van der Waals surface area contributed by atoms with Crippen LogP contribution in [0.1, 0.15) is 46.8 Å². The first kappa shape index (κ1) is 16.3. The van der Waals surface area contributed by atoms with E-state index in [1.807, 2.05) is 6.07 Å². The zero-order valence-electron chi connectivity index (χ0n) is 13.2. The fourth-order valence-corrected chi connectivity index (χ4v) is 2.78. The van der Waals surface area contributed by atoms with Crippen LogP contribution in [0, 0.1) is 0 Å². The Morgan fingerprint density at radius 2 is 1.95 bits per heavy atom. The maximum atomic E-state index is 5.53. The highest BCUT2D eigenvalue weighted by atomic mass is 16.3. The molecule has 0 aliphatic carbocycles. The van der Waals surface area contributed by atoms with Crippen molar-refractivity contribution in [2.45, 2.75) is 59.0 Å². The third kappa shape index (κ3) is 4.36. The molecule has 0 bridgehead atoms. The Bertz CT molecular complexity index is 329. The van der Waals surface area contributed by atoms with Crippen LogP contribution >= 0.6 is 0 Å². The molecule has 0 saturated heterocycles. The Balaban J connectivity index is 2.81. The smallest absolute Gasteiger partial charge is 0.105 e. The summed E-state index contributed by atoms with van der Waals surface area (Å²) in [6.45, 7) is 14.5. The fraction of sp³-hybridized carbons (Fsp3) is 0.750. The minimum absolute atomic E-state index is 0.117. The van der Waals surface area contributed by atoms with Crippen molar-refractivity contribution < 1.29 is 4.42 Å². The second kappa shape index (κ2) is 7.71. The van der Waals surface area contributed by atoms with E-state index in [1.54, 1.807) is 6.26 Å². The number of likely N-dealkylation sites (N-methyl/N-ethyl adjacent to an activating group) is 1. The van der Waals surface area contributed by atoms with Gasteiger partial charge in [-0.2, -0.15) is 0 Å².